The van der Waals surface area contributed by atoms with E-state index in [1.807, 2.05) is 24.3 Å². The Morgan fingerprint density at radius 1 is 1.21 bits per heavy atom. The average molecular weight is 319 g/mol. The van der Waals surface area contributed by atoms with Crippen LogP contribution in [0.1, 0.15) is 23.1 Å². The van der Waals surface area contributed by atoms with Crippen LogP contribution in [-0.4, -0.2) is 18.9 Å². The minimum atomic E-state index is -0.111. The Hall–Kier alpha value is -3.13. The highest BCUT2D eigenvalue weighted by atomic mass is 16.2. The first-order valence-corrected chi connectivity index (χ1v) is 7.75. The van der Waals surface area contributed by atoms with E-state index in [4.69, 9.17) is 5.26 Å². The molecule has 24 heavy (non-hydrogen) atoms. The van der Waals surface area contributed by atoms with Gasteiger partial charge in [0.15, 0.2) is 0 Å². The summed E-state index contributed by atoms with van der Waals surface area (Å²) in [6.07, 6.45) is 1.49. The molecule has 1 heterocycles. The summed E-state index contributed by atoms with van der Waals surface area (Å²) in [6.45, 7) is 0. The normalized spacial score (nSPS) is 13.2. The topological polar surface area (TPSA) is 73.2 Å². The number of nitriles is 1. The van der Waals surface area contributed by atoms with Gasteiger partial charge in [0.25, 0.3) is 0 Å². The quantitative estimate of drug-likeness (QED) is 0.945. The zero-order valence-corrected chi connectivity index (χ0v) is 13.4. The summed E-state index contributed by atoms with van der Waals surface area (Å²) in [5.41, 5.74) is 4.16. The van der Waals surface area contributed by atoms with Crippen molar-refractivity contribution in [2.75, 3.05) is 17.3 Å². The summed E-state index contributed by atoms with van der Waals surface area (Å²) in [7, 11) is 1.78. The lowest BCUT2D eigenvalue weighted by Crippen LogP contribution is -2.31. The molecule has 1 N–H and O–H groups in total. The van der Waals surface area contributed by atoms with E-state index in [-0.39, 0.29) is 18.2 Å². The molecule has 0 spiro atoms. The number of fused-ring (bicyclic) bond motifs is 1. The summed E-state index contributed by atoms with van der Waals surface area (Å²) < 4.78 is 0. The number of carbonyl (C=O) groups is 2. The SMILES string of the molecule is CN1C(=O)CCc2cc(CC(=O)Nc3ccc(C#N)cc3)ccc21. The molecule has 0 fully saturated rings. The molecule has 5 nitrogen and oxygen atoms in total. The molecule has 0 aromatic heterocycles. The molecule has 0 radical (unpaired) electrons. The van der Waals surface area contributed by atoms with Crippen LogP contribution in [0.5, 0.6) is 0 Å². The van der Waals surface area contributed by atoms with Crippen LogP contribution in [0, 0.1) is 11.3 Å². The number of carbonyl (C=O) groups excluding carboxylic acids is 2. The molecule has 0 unspecified atom stereocenters. The second kappa shape index (κ2) is 6.55. The largest absolute Gasteiger partial charge is 0.326 e. The van der Waals surface area contributed by atoms with Crippen LogP contribution in [-0.2, 0) is 22.4 Å². The summed E-state index contributed by atoms with van der Waals surface area (Å²) >= 11 is 0. The molecular formula is C19H17N3O2. The van der Waals surface area contributed by atoms with E-state index < -0.39 is 0 Å². The number of amides is 2. The minimum Gasteiger partial charge on any atom is -0.326 e. The van der Waals surface area contributed by atoms with Crippen LogP contribution in [0.15, 0.2) is 42.5 Å². The maximum Gasteiger partial charge on any atom is 0.228 e. The first-order valence-electron chi connectivity index (χ1n) is 7.75. The fraction of sp³-hybridized carbons (Fsp3) is 0.211. The van der Waals surface area contributed by atoms with Gasteiger partial charge in [-0.15, -0.1) is 0 Å². The van der Waals surface area contributed by atoms with E-state index in [2.05, 4.69) is 5.32 Å². The Morgan fingerprint density at radius 2 is 1.96 bits per heavy atom. The van der Waals surface area contributed by atoms with Gasteiger partial charge in [0.2, 0.25) is 11.8 Å². The molecule has 1 aliphatic heterocycles. The molecule has 3 rings (SSSR count). The van der Waals surface area contributed by atoms with Gasteiger partial charge in [-0.25, -0.2) is 0 Å². The molecule has 2 aromatic rings. The van der Waals surface area contributed by atoms with Crippen molar-refractivity contribution in [1.29, 1.82) is 5.26 Å². The Balaban J connectivity index is 1.68. The van der Waals surface area contributed by atoms with Gasteiger partial charge in [-0.1, -0.05) is 12.1 Å². The number of benzene rings is 2. The number of hydrogen-bond donors (Lipinski definition) is 1. The van der Waals surface area contributed by atoms with Crippen molar-refractivity contribution < 1.29 is 9.59 Å². The highest BCUT2D eigenvalue weighted by molar-refractivity contribution is 5.96. The number of hydrogen-bond acceptors (Lipinski definition) is 3. The van der Waals surface area contributed by atoms with Gasteiger partial charge in [0, 0.05) is 24.8 Å². The Bertz CT molecular complexity index is 835. The third-order valence-electron chi connectivity index (χ3n) is 4.15. The molecule has 0 saturated carbocycles. The van der Waals surface area contributed by atoms with Crippen LogP contribution in [0.2, 0.25) is 0 Å². The first kappa shape index (κ1) is 15.8. The molecule has 0 atom stereocenters. The maximum atomic E-state index is 12.2. The minimum absolute atomic E-state index is 0.111. The van der Waals surface area contributed by atoms with Gasteiger partial charge < -0.3 is 10.2 Å². The van der Waals surface area contributed by atoms with E-state index in [9.17, 15) is 9.59 Å². The lowest BCUT2D eigenvalue weighted by molar-refractivity contribution is -0.118. The molecular weight excluding hydrogens is 302 g/mol. The van der Waals surface area contributed by atoms with Crippen molar-refractivity contribution >= 4 is 23.2 Å². The highest BCUT2D eigenvalue weighted by Crippen LogP contribution is 2.27. The van der Waals surface area contributed by atoms with Crippen molar-refractivity contribution in [3.8, 4) is 6.07 Å². The summed E-state index contributed by atoms with van der Waals surface area (Å²) in [5.74, 6) is 0.00806. The molecule has 1 aliphatic rings. The molecule has 0 bridgehead atoms. The monoisotopic (exact) mass is 319 g/mol. The average Bonchev–Trinajstić information content (AvgIpc) is 2.59. The summed E-state index contributed by atoms with van der Waals surface area (Å²) in [4.78, 5) is 25.6. The summed E-state index contributed by atoms with van der Waals surface area (Å²) in [5, 5.41) is 11.6. The third-order valence-corrected chi connectivity index (χ3v) is 4.15. The van der Waals surface area contributed by atoms with Crippen molar-refractivity contribution in [3.05, 3.63) is 59.2 Å². The van der Waals surface area contributed by atoms with Crippen LogP contribution in [0.25, 0.3) is 0 Å². The van der Waals surface area contributed by atoms with Crippen molar-refractivity contribution in [2.45, 2.75) is 19.3 Å². The predicted molar refractivity (Wildman–Crippen MR) is 91.7 cm³/mol. The number of nitrogens with zero attached hydrogens (tertiary/aromatic N) is 2. The Labute approximate surface area is 140 Å². The second-order valence-electron chi connectivity index (χ2n) is 5.83. The molecule has 5 heteroatoms. The molecule has 0 aliphatic carbocycles. The Kier molecular flexibility index (Phi) is 4.30. The second-order valence-corrected chi connectivity index (χ2v) is 5.83. The number of aryl methyl sites for hydroxylation is 1. The fourth-order valence-electron chi connectivity index (χ4n) is 2.84. The van der Waals surface area contributed by atoms with Gasteiger partial charge in [-0.2, -0.15) is 5.26 Å². The van der Waals surface area contributed by atoms with Crippen LogP contribution < -0.4 is 10.2 Å². The zero-order valence-electron chi connectivity index (χ0n) is 13.4. The van der Waals surface area contributed by atoms with E-state index in [1.54, 1.807) is 36.2 Å². The molecule has 2 amide bonds. The van der Waals surface area contributed by atoms with Gasteiger partial charge in [-0.05, 0) is 47.9 Å². The zero-order chi connectivity index (χ0) is 17.1. The number of nitrogens with one attached hydrogen (secondary N) is 1. The molecule has 120 valence electrons. The number of anilines is 2. The standard InChI is InChI=1S/C19H17N3O2/c1-22-17-8-4-14(10-15(17)5-9-19(22)24)11-18(23)21-16-6-2-13(12-20)3-7-16/h2-4,6-8,10H,5,9,11H2,1H3,(H,21,23). The van der Waals surface area contributed by atoms with Gasteiger partial charge in [0.1, 0.15) is 0 Å². The lowest BCUT2D eigenvalue weighted by Gasteiger charge is -2.26. The Morgan fingerprint density at radius 3 is 2.67 bits per heavy atom. The van der Waals surface area contributed by atoms with E-state index in [0.717, 1.165) is 16.8 Å². The van der Waals surface area contributed by atoms with Crippen molar-refractivity contribution in [2.24, 2.45) is 0 Å². The van der Waals surface area contributed by atoms with Gasteiger partial charge in [-0.3, -0.25) is 9.59 Å². The number of rotatable bonds is 3. The molecule has 0 saturated heterocycles. The smallest absolute Gasteiger partial charge is 0.228 e. The predicted octanol–water partition coefficient (Wildman–Crippen LogP) is 2.65. The van der Waals surface area contributed by atoms with E-state index in [0.29, 0.717) is 24.1 Å². The first-order chi connectivity index (χ1) is 11.6. The van der Waals surface area contributed by atoms with Crippen molar-refractivity contribution in [3.63, 3.8) is 0 Å². The van der Waals surface area contributed by atoms with Gasteiger partial charge >= 0.3 is 0 Å². The molecule has 2 aromatic carbocycles. The highest BCUT2D eigenvalue weighted by Gasteiger charge is 2.21. The van der Waals surface area contributed by atoms with Crippen molar-refractivity contribution in [1.82, 2.24) is 0 Å². The van der Waals surface area contributed by atoms with Crippen LogP contribution in [0.3, 0.4) is 0 Å². The fourth-order valence-corrected chi connectivity index (χ4v) is 2.84. The van der Waals surface area contributed by atoms with Gasteiger partial charge in [0.05, 0.1) is 18.1 Å². The lowest BCUT2D eigenvalue weighted by atomic mass is 9.98. The van der Waals surface area contributed by atoms with E-state index >= 15 is 0 Å². The van der Waals surface area contributed by atoms with Crippen LogP contribution in [0.4, 0.5) is 11.4 Å². The summed E-state index contributed by atoms with van der Waals surface area (Å²) in [6, 6.07) is 14.6. The third kappa shape index (κ3) is 3.28. The van der Waals surface area contributed by atoms with E-state index in [1.165, 1.54) is 0 Å². The van der Waals surface area contributed by atoms with Crippen LogP contribution >= 0.6 is 0 Å². The maximum absolute atomic E-state index is 12.2.